The molecule has 3 rings (SSSR count). The van der Waals surface area contributed by atoms with E-state index < -0.39 is 0 Å². The summed E-state index contributed by atoms with van der Waals surface area (Å²) < 4.78 is 0. The number of carbonyl (C=O) groups is 1. The number of nitrogens with one attached hydrogen (secondary N) is 1. The first-order valence-electron chi connectivity index (χ1n) is 6.61. The van der Waals surface area contributed by atoms with Crippen molar-refractivity contribution in [3.8, 4) is 0 Å². The monoisotopic (exact) mass is 296 g/mol. The van der Waals surface area contributed by atoms with Crippen LogP contribution in [0.3, 0.4) is 0 Å². The normalized spacial score (nSPS) is 16.5. The maximum absolute atomic E-state index is 11.9. The lowest BCUT2D eigenvalue weighted by atomic mass is 9.99. The van der Waals surface area contributed by atoms with Crippen LogP contribution in [0.5, 0.6) is 0 Å². The van der Waals surface area contributed by atoms with Crippen LogP contribution in [-0.4, -0.2) is 11.6 Å². The van der Waals surface area contributed by atoms with E-state index in [9.17, 15) is 4.79 Å². The van der Waals surface area contributed by atoms with Crippen LogP contribution in [-0.2, 0) is 4.79 Å². The molecule has 1 aliphatic heterocycles. The number of benzene rings is 2. The minimum atomic E-state index is -0.162. The molecule has 1 aliphatic rings. The Morgan fingerprint density at radius 2 is 1.76 bits per heavy atom. The van der Waals surface area contributed by atoms with Crippen molar-refractivity contribution < 1.29 is 4.79 Å². The molecule has 2 aromatic rings. The average Bonchev–Trinajstić information content (AvgIpc) is 2.52. The zero-order valence-corrected chi connectivity index (χ0v) is 12.0. The van der Waals surface area contributed by atoms with E-state index >= 15 is 0 Å². The number of rotatable bonds is 2. The number of hydrogen-bond donors (Lipinski definition) is 1. The SMILES string of the molecule is O=C1NN=C(c2ccccc2)C/C1=C/c1ccc(Cl)cc1. The van der Waals surface area contributed by atoms with Gasteiger partial charge in [-0.05, 0) is 29.3 Å². The van der Waals surface area contributed by atoms with Crippen LogP contribution < -0.4 is 5.43 Å². The highest BCUT2D eigenvalue weighted by molar-refractivity contribution is 6.30. The van der Waals surface area contributed by atoms with Gasteiger partial charge in [0.1, 0.15) is 0 Å². The number of hydrazone groups is 1. The van der Waals surface area contributed by atoms with Crippen LogP contribution in [0.15, 0.2) is 65.3 Å². The van der Waals surface area contributed by atoms with E-state index in [-0.39, 0.29) is 5.91 Å². The topological polar surface area (TPSA) is 41.5 Å². The number of amides is 1. The van der Waals surface area contributed by atoms with Crippen molar-refractivity contribution in [3.63, 3.8) is 0 Å². The Kier molecular flexibility index (Phi) is 3.84. The molecule has 0 saturated heterocycles. The Hall–Kier alpha value is -2.39. The smallest absolute Gasteiger partial charge is 0.267 e. The number of hydrogen-bond acceptors (Lipinski definition) is 2. The first kappa shape index (κ1) is 13.6. The molecule has 0 bridgehead atoms. The van der Waals surface area contributed by atoms with Gasteiger partial charge in [-0.1, -0.05) is 54.1 Å². The Balaban J connectivity index is 1.88. The van der Waals surface area contributed by atoms with Gasteiger partial charge in [0, 0.05) is 17.0 Å². The molecule has 0 saturated carbocycles. The highest BCUT2D eigenvalue weighted by atomic mass is 35.5. The van der Waals surface area contributed by atoms with Gasteiger partial charge in [0.2, 0.25) is 0 Å². The second-order valence-corrected chi connectivity index (χ2v) is 5.20. The second-order valence-electron chi connectivity index (χ2n) is 4.76. The summed E-state index contributed by atoms with van der Waals surface area (Å²) in [6, 6.07) is 17.2. The van der Waals surface area contributed by atoms with Gasteiger partial charge >= 0.3 is 0 Å². The lowest BCUT2D eigenvalue weighted by Gasteiger charge is -2.15. The number of carbonyl (C=O) groups excluding carboxylic acids is 1. The van der Waals surface area contributed by atoms with Crippen LogP contribution in [0.2, 0.25) is 5.02 Å². The second kappa shape index (κ2) is 5.94. The standard InChI is InChI=1S/C17H13ClN2O/c18-15-8-6-12(7-9-15)10-14-11-16(19-20-17(14)21)13-4-2-1-3-5-13/h1-10H,11H2,(H,20,21)/b14-10-. The molecule has 2 aromatic carbocycles. The zero-order valence-electron chi connectivity index (χ0n) is 11.2. The Bertz CT molecular complexity index is 718. The highest BCUT2D eigenvalue weighted by Crippen LogP contribution is 2.18. The highest BCUT2D eigenvalue weighted by Gasteiger charge is 2.18. The molecule has 0 unspecified atom stereocenters. The number of nitrogens with zero attached hydrogens (tertiary/aromatic N) is 1. The first-order chi connectivity index (χ1) is 10.2. The third-order valence-electron chi connectivity index (χ3n) is 3.26. The van der Waals surface area contributed by atoms with Gasteiger partial charge in [0.05, 0.1) is 5.71 Å². The maximum atomic E-state index is 11.9. The molecule has 4 heteroatoms. The largest absolute Gasteiger partial charge is 0.268 e. The molecular weight excluding hydrogens is 284 g/mol. The third kappa shape index (κ3) is 3.20. The van der Waals surface area contributed by atoms with E-state index in [1.807, 2.05) is 48.5 Å². The van der Waals surface area contributed by atoms with E-state index in [1.54, 1.807) is 12.1 Å². The fourth-order valence-electron chi connectivity index (χ4n) is 2.16. The van der Waals surface area contributed by atoms with Gasteiger partial charge in [0.25, 0.3) is 5.91 Å². The minimum absolute atomic E-state index is 0.162. The molecule has 0 atom stereocenters. The van der Waals surface area contributed by atoms with Crippen molar-refractivity contribution in [2.24, 2.45) is 5.10 Å². The van der Waals surface area contributed by atoms with E-state index in [2.05, 4.69) is 10.5 Å². The van der Waals surface area contributed by atoms with E-state index in [4.69, 9.17) is 11.6 Å². The van der Waals surface area contributed by atoms with Crippen molar-refractivity contribution in [1.29, 1.82) is 0 Å². The van der Waals surface area contributed by atoms with Gasteiger partial charge in [-0.2, -0.15) is 5.10 Å². The summed E-state index contributed by atoms with van der Waals surface area (Å²) in [5.74, 6) is -0.162. The van der Waals surface area contributed by atoms with Crippen LogP contribution in [0, 0.1) is 0 Å². The summed E-state index contributed by atoms with van der Waals surface area (Å²) in [4.78, 5) is 11.9. The average molecular weight is 297 g/mol. The molecule has 1 N–H and O–H groups in total. The molecule has 1 amide bonds. The van der Waals surface area contributed by atoms with Crippen LogP contribution >= 0.6 is 11.6 Å². The maximum Gasteiger partial charge on any atom is 0.267 e. The molecule has 3 nitrogen and oxygen atoms in total. The van der Waals surface area contributed by atoms with E-state index in [0.29, 0.717) is 17.0 Å². The minimum Gasteiger partial charge on any atom is -0.268 e. The first-order valence-corrected chi connectivity index (χ1v) is 6.98. The van der Waals surface area contributed by atoms with Crippen LogP contribution in [0.1, 0.15) is 17.5 Å². The molecule has 0 radical (unpaired) electrons. The fraction of sp³-hybridized carbons (Fsp3) is 0.0588. The van der Waals surface area contributed by atoms with Crippen LogP contribution in [0.25, 0.3) is 6.08 Å². The Labute approximate surface area is 127 Å². The van der Waals surface area contributed by atoms with Crippen LogP contribution in [0.4, 0.5) is 0 Å². The van der Waals surface area contributed by atoms with Crippen molar-refractivity contribution >= 4 is 29.3 Å². The molecular formula is C17H13ClN2O. The summed E-state index contributed by atoms with van der Waals surface area (Å²) in [5.41, 5.74) is 6.07. The van der Waals surface area contributed by atoms with Gasteiger partial charge in [-0.15, -0.1) is 0 Å². The summed E-state index contributed by atoms with van der Waals surface area (Å²) in [5, 5.41) is 4.82. The zero-order chi connectivity index (χ0) is 14.7. The summed E-state index contributed by atoms with van der Waals surface area (Å²) in [6.07, 6.45) is 2.38. The molecule has 104 valence electrons. The van der Waals surface area contributed by atoms with Gasteiger partial charge in [-0.3, -0.25) is 4.79 Å². The van der Waals surface area contributed by atoms with Crippen molar-refractivity contribution in [2.45, 2.75) is 6.42 Å². The molecule has 0 aliphatic carbocycles. The summed E-state index contributed by atoms with van der Waals surface area (Å²) >= 11 is 5.87. The predicted octanol–water partition coefficient (Wildman–Crippen LogP) is 3.65. The predicted molar refractivity (Wildman–Crippen MR) is 85.2 cm³/mol. The third-order valence-corrected chi connectivity index (χ3v) is 3.51. The quantitative estimate of drug-likeness (QED) is 0.845. The molecule has 21 heavy (non-hydrogen) atoms. The Morgan fingerprint density at radius 3 is 2.48 bits per heavy atom. The number of halogens is 1. The van der Waals surface area contributed by atoms with E-state index in [1.165, 1.54) is 0 Å². The van der Waals surface area contributed by atoms with Crippen molar-refractivity contribution in [2.75, 3.05) is 0 Å². The molecule has 0 spiro atoms. The molecule has 0 aromatic heterocycles. The molecule has 1 heterocycles. The lowest BCUT2D eigenvalue weighted by molar-refractivity contribution is -0.117. The lowest BCUT2D eigenvalue weighted by Crippen LogP contribution is -2.28. The fourth-order valence-corrected chi connectivity index (χ4v) is 2.29. The van der Waals surface area contributed by atoms with Gasteiger partial charge in [0.15, 0.2) is 0 Å². The van der Waals surface area contributed by atoms with Gasteiger partial charge < -0.3 is 0 Å². The summed E-state index contributed by atoms with van der Waals surface area (Å²) in [7, 11) is 0. The van der Waals surface area contributed by atoms with Crippen molar-refractivity contribution in [1.82, 2.24) is 5.43 Å². The van der Waals surface area contributed by atoms with Gasteiger partial charge in [-0.25, -0.2) is 5.43 Å². The van der Waals surface area contributed by atoms with E-state index in [0.717, 1.165) is 16.8 Å². The van der Waals surface area contributed by atoms with Crippen molar-refractivity contribution in [3.05, 3.63) is 76.3 Å². The Morgan fingerprint density at radius 1 is 1.05 bits per heavy atom. The summed E-state index contributed by atoms with van der Waals surface area (Å²) in [6.45, 7) is 0. The molecule has 0 fully saturated rings.